The van der Waals surface area contributed by atoms with Gasteiger partial charge in [0.05, 0.1) is 12.8 Å². The van der Waals surface area contributed by atoms with Crippen molar-refractivity contribution in [3.8, 4) is 17.0 Å². The van der Waals surface area contributed by atoms with Crippen molar-refractivity contribution in [3.05, 3.63) is 53.6 Å². The summed E-state index contributed by atoms with van der Waals surface area (Å²) in [7, 11) is 1.70. The number of fused-ring (bicyclic) bond motifs is 5. The zero-order valence-corrected chi connectivity index (χ0v) is 16.4. The predicted octanol–water partition coefficient (Wildman–Crippen LogP) is 4.29. The first-order valence-corrected chi connectivity index (χ1v) is 9.46. The fraction of sp³-hybridized carbons (Fsp3) is 0.348. The largest absolute Gasteiger partial charge is 0.497 e. The Bertz CT molecular complexity index is 1030. The summed E-state index contributed by atoms with van der Waals surface area (Å²) < 4.78 is 7.94. The SMILES string of the molecule is COc1ccc2c(c1)c(C(C)(C)CNC(C)=O)c1n2CCc2ccccc2-1. The number of amides is 1. The van der Waals surface area contributed by atoms with E-state index in [1.807, 2.05) is 6.07 Å². The molecule has 1 amide bonds. The van der Waals surface area contributed by atoms with Crippen molar-refractivity contribution in [2.45, 2.75) is 39.2 Å². The molecule has 4 nitrogen and oxygen atoms in total. The second kappa shape index (κ2) is 6.45. The number of ether oxygens (including phenoxy) is 1. The molecule has 0 bridgehead atoms. The standard InChI is InChI=1S/C23H26N2O2/c1-15(26)24-14-23(2,3)21-19-13-17(27-4)9-10-20(19)25-12-11-16-7-5-6-8-18(16)22(21)25/h5-10,13H,11-12,14H2,1-4H3,(H,24,26). The molecule has 27 heavy (non-hydrogen) atoms. The lowest BCUT2D eigenvalue weighted by molar-refractivity contribution is -0.119. The second-order valence-corrected chi connectivity index (χ2v) is 7.96. The Balaban J connectivity index is 2.02. The summed E-state index contributed by atoms with van der Waals surface area (Å²) in [6, 6.07) is 15.0. The van der Waals surface area contributed by atoms with Gasteiger partial charge in [-0.15, -0.1) is 0 Å². The smallest absolute Gasteiger partial charge is 0.216 e. The summed E-state index contributed by atoms with van der Waals surface area (Å²) in [6.45, 7) is 7.53. The summed E-state index contributed by atoms with van der Waals surface area (Å²) in [4.78, 5) is 11.6. The van der Waals surface area contributed by atoms with Crippen molar-refractivity contribution >= 4 is 16.8 Å². The van der Waals surface area contributed by atoms with Crippen LogP contribution in [-0.4, -0.2) is 24.1 Å². The van der Waals surface area contributed by atoms with Crippen LogP contribution in [0, 0.1) is 0 Å². The summed E-state index contributed by atoms with van der Waals surface area (Å²) in [5.74, 6) is 0.855. The van der Waals surface area contributed by atoms with E-state index in [0.717, 1.165) is 18.7 Å². The van der Waals surface area contributed by atoms with Gasteiger partial charge >= 0.3 is 0 Å². The van der Waals surface area contributed by atoms with Crippen molar-refractivity contribution in [1.82, 2.24) is 9.88 Å². The number of nitrogens with one attached hydrogen (secondary N) is 1. The molecule has 0 aliphatic carbocycles. The molecule has 4 heteroatoms. The maximum atomic E-state index is 11.6. The van der Waals surface area contributed by atoms with Gasteiger partial charge in [-0.2, -0.15) is 0 Å². The molecule has 2 heterocycles. The molecule has 3 aromatic rings. The van der Waals surface area contributed by atoms with Crippen LogP contribution in [0.25, 0.3) is 22.2 Å². The van der Waals surface area contributed by atoms with Gasteiger partial charge < -0.3 is 14.6 Å². The third-order valence-corrected chi connectivity index (χ3v) is 5.60. The highest BCUT2D eigenvalue weighted by molar-refractivity contribution is 5.95. The Morgan fingerprint density at radius 1 is 1.22 bits per heavy atom. The van der Waals surface area contributed by atoms with Crippen LogP contribution >= 0.6 is 0 Å². The first kappa shape index (κ1) is 17.7. The monoisotopic (exact) mass is 362 g/mol. The van der Waals surface area contributed by atoms with Gasteiger partial charge in [0.25, 0.3) is 0 Å². The van der Waals surface area contributed by atoms with Crippen LogP contribution in [0.2, 0.25) is 0 Å². The van der Waals surface area contributed by atoms with Gasteiger partial charge in [0.15, 0.2) is 0 Å². The Kier molecular flexibility index (Phi) is 4.22. The topological polar surface area (TPSA) is 43.3 Å². The molecule has 1 aliphatic heterocycles. The highest BCUT2D eigenvalue weighted by Crippen LogP contribution is 2.45. The Morgan fingerprint density at radius 3 is 2.74 bits per heavy atom. The van der Waals surface area contributed by atoms with Crippen LogP contribution in [0.3, 0.4) is 0 Å². The average molecular weight is 362 g/mol. The van der Waals surface area contributed by atoms with Gasteiger partial charge in [0.2, 0.25) is 5.91 Å². The molecule has 0 atom stereocenters. The minimum Gasteiger partial charge on any atom is -0.497 e. The fourth-order valence-corrected chi connectivity index (χ4v) is 4.29. The maximum absolute atomic E-state index is 11.6. The van der Waals surface area contributed by atoms with E-state index in [9.17, 15) is 4.79 Å². The highest BCUT2D eigenvalue weighted by atomic mass is 16.5. The molecule has 0 spiro atoms. The van der Waals surface area contributed by atoms with Crippen LogP contribution in [0.4, 0.5) is 0 Å². The third-order valence-electron chi connectivity index (χ3n) is 5.60. The summed E-state index contributed by atoms with van der Waals surface area (Å²) in [5, 5.41) is 4.22. The van der Waals surface area contributed by atoms with E-state index in [1.54, 1.807) is 14.0 Å². The van der Waals surface area contributed by atoms with Crippen molar-refractivity contribution in [3.63, 3.8) is 0 Å². The zero-order valence-electron chi connectivity index (χ0n) is 16.4. The van der Waals surface area contributed by atoms with Gasteiger partial charge in [0, 0.05) is 41.9 Å². The average Bonchev–Trinajstić information content (AvgIpc) is 3.01. The number of methoxy groups -OCH3 is 1. The van der Waals surface area contributed by atoms with Gasteiger partial charge in [-0.3, -0.25) is 4.79 Å². The Labute approximate surface area is 160 Å². The molecule has 1 aromatic heterocycles. The number of benzene rings is 2. The minimum absolute atomic E-state index is 0.00145. The van der Waals surface area contributed by atoms with Gasteiger partial charge in [-0.1, -0.05) is 38.1 Å². The van der Waals surface area contributed by atoms with E-state index in [1.165, 1.54) is 33.3 Å². The molecule has 0 fully saturated rings. The van der Waals surface area contributed by atoms with E-state index < -0.39 is 0 Å². The number of carbonyl (C=O) groups excluding carboxylic acids is 1. The number of aromatic nitrogens is 1. The highest BCUT2D eigenvalue weighted by Gasteiger charge is 2.33. The van der Waals surface area contributed by atoms with Crippen LogP contribution in [0.1, 0.15) is 31.9 Å². The van der Waals surface area contributed by atoms with Gasteiger partial charge in [0.1, 0.15) is 5.75 Å². The lowest BCUT2D eigenvalue weighted by Gasteiger charge is -2.29. The number of aryl methyl sites for hydroxylation is 2. The number of hydrogen-bond donors (Lipinski definition) is 1. The lowest BCUT2D eigenvalue weighted by Crippen LogP contribution is -2.36. The molecule has 0 saturated heterocycles. The molecule has 1 N–H and O–H groups in total. The second-order valence-electron chi connectivity index (χ2n) is 7.96. The number of rotatable bonds is 4. The van der Waals surface area contributed by atoms with Gasteiger partial charge in [-0.25, -0.2) is 0 Å². The van der Waals surface area contributed by atoms with Crippen molar-refractivity contribution < 1.29 is 9.53 Å². The van der Waals surface area contributed by atoms with Crippen LogP contribution in [-0.2, 0) is 23.2 Å². The zero-order chi connectivity index (χ0) is 19.2. The van der Waals surface area contributed by atoms with E-state index in [2.05, 4.69) is 60.1 Å². The summed E-state index contributed by atoms with van der Waals surface area (Å²) in [6.07, 6.45) is 1.03. The molecule has 2 aromatic carbocycles. The predicted molar refractivity (Wildman–Crippen MR) is 109 cm³/mol. The van der Waals surface area contributed by atoms with E-state index in [0.29, 0.717) is 6.54 Å². The van der Waals surface area contributed by atoms with E-state index in [4.69, 9.17) is 4.74 Å². The lowest BCUT2D eigenvalue weighted by atomic mass is 9.80. The maximum Gasteiger partial charge on any atom is 0.216 e. The third kappa shape index (κ3) is 2.89. The molecule has 4 rings (SSSR count). The minimum atomic E-state index is -0.221. The van der Waals surface area contributed by atoms with E-state index in [-0.39, 0.29) is 11.3 Å². The van der Waals surface area contributed by atoms with Crippen molar-refractivity contribution in [1.29, 1.82) is 0 Å². The van der Waals surface area contributed by atoms with Gasteiger partial charge in [-0.05, 0) is 35.7 Å². The first-order valence-electron chi connectivity index (χ1n) is 9.46. The van der Waals surface area contributed by atoms with Crippen molar-refractivity contribution in [2.24, 2.45) is 0 Å². The van der Waals surface area contributed by atoms with Crippen molar-refractivity contribution in [2.75, 3.05) is 13.7 Å². The Morgan fingerprint density at radius 2 is 2.00 bits per heavy atom. The fourth-order valence-electron chi connectivity index (χ4n) is 4.29. The Hall–Kier alpha value is -2.75. The molecule has 1 aliphatic rings. The summed E-state index contributed by atoms with van der Waals surface area (Å²) >= 11 is 0. The van der Waals surface area contributed by atoms with E-state index >= 15 is 0 Å². The molecule has 0 unspecified atom stereocenters. The van der Waals surface area contributed by atoms with Crippen LogP contribution in [0.5, 0.6) is 5.75 Å². The molecule has 0 saturated carbocycles. The molecular weight excluding hydrogens is 336 g/mol. The van der Waals surface area contributed by atoms with Crippen LogP contribution < -0.4 is 10.1 Å². The molecule has 140 valence electrons. The quantitative estimate of drug-likeness (QED) is 0.752. The number of nitrogens with zero attached hydrogens (tertiary/aromatic N) is 1. The summed E-state index contributed by atoms with van der Waals surface area (Å²) in [5.41, 5.74) is 6.24. The van der Waals surface area contributed by atoms with Crippen LogP contribution in [0.15, 0.2) is 42.5 Å². The normalized spacial score (nSPS) is 13.2. The molecular formula is C23H26N2O2. The number of hydrogen-bond acceptors (Lipinski definition) is 2. The first-order chi connectivity index (χ1) is 12.9. The number of carbonyl (C=O) groups is 1. The molecule has 0 radical (unpaired) electrons.